The van der Waals surface area contributed by atoms with Gasteiger partial charge in [0.05, 0.1) is 0 Å². The molecule has 1 saturated carbocycles. The van der Waals surface area contributed by atoms with E-state index < -0.39 is 0 Å². The molecule has 88 valence electrons. The van der Waals surface area contributed by atoms with Crippen LogP contribution in [0.25, 0.3) is 0 Å². The fourth-order valence-electron chi connectivity index (χ4n) is 2.56. The first-order valence-electron chi connectivity index (χ1n) is 6.04. The van der Waals surface area contributed by atoms with E-state index in [0.29, 0.717) is 11.9 Å². The lowest BCUT2D eigenvalue weighted by Crippen LogP contribution is -2.33. The van der Waals surface area contributed by atoms with Crippen LogP contribution in [0.3, 0.4) is 0 Å². The highest BCUT2D eigenvalue weighted by molar-refractivity contribution is 5.94. The maximum absolute atomic E-state index is 4.43. The zero-order valence-corrected chi connectivity index (χ0v) is 10.1. The third-order valence-electron chi connectivity index (χ3n) is 3.44. The minimum absolute atomic E-state index is 0.601. The average molecular weight is 228 g/mol. The van der Waals surface area contributed by atoms with Crippen LogP contribution in [0, 0.1) is 25.7 Å². The van der Waals surface area contributed by atoms with Gasteiger partial charge < -0.3 is 0 Å². The second kappa shape index (κ2) is 3.95. The lowest BCUT2D eigenvalue weighted by atomic mass is 9.74. The van der Waals surface area contributed by atoms with Gasteiger partial charge in [-0.3, -0.25) is 0 Å². The largest absolute Gasteiger partial charge is 0.245 e. The molecule has 1 aromatic heterocycles. The Labute approximate surface area is 101 Å². The van der Waals surface area contributed by atoms with E-state index in [9.17, 15) is 0 Å². The normalized spacial score (nSPS) is 28.0. The molecular weight excluding hydrogens is 212 g/mol. The van der Waals surface area contributed by atoms with Crippen LogP contribution in [0.5, 0.6) is 0 Å². The first-order valence-corrected chi connectivity index (χ1v) is 6.04. The molecule has 2 aliphatic carbocycles. The van der Waals surface area contributed by atoms with Gasteiger partial charge in [0.1, 0.15) is 0 Å². The third-order valence-corrected chi connectivity index (χ3v) is 3.44. The fraction of sp³-hybridized carbons (Fsp3) is 0.462. The molecule has 0 bridgehead atoms. The van der Waals surface area contributed by atoms with E-state index in [-0.39, 0.29) is 0 Å². The highest BCUT2D eigenvalue weighted by atomic mass is 15.4. The summed E-state index contributed by atoms with van der Waals surface area (Å²) in [6, 6.07) is 1.96. The number of allylic oxidation sites excluding steroid dienone is 2. The summed E-state index contributed by atoms with van der Waals surface area (Å²) in [5, 5.41) is 4.43. The second-order valence-corrected chi connectivity index (χ2v) is 4.83. The van der Waals surface area contributed by atoms with Crippen molar-refractivity contribution in [2.75, 3.05) is 5.43 Å². The number of hydrazone groups is 1. The molecule has 1 heterocycles. The molecule has 0 unspecified atom stereocenters. The number of aryl methyl sites for hydroxylation is 2. The zero-order chi connectivity index (χ0) is 11.8. The van der Waals surface area contributed by atoms with Gasteiger partial charge in [-0.25, -0.2) is 15.4 Å². The molecule has 0 amide bonds. The van der Waals surface area contributed by atoms with Gasteiger partial charge in [0.25, 0.3) is 0 Å². The van der Waals surface area contributed by atoms with Crippen LogP contribution < -0.4 is 5.43 Å². The van der Waals surface area contributed by atoms with Gasteiger partial charge in [-0.15, -0.1) is 0 Å². The molecule has 1 fully saturated rings. The summed E-state index contributed by atoms with van der Waals surface area (Å²) in [5.74, 6) is 1.97. The van der Waals surface area contributed by atoms with Crippen molar-refractivity contribution in [2.45, 2.75) is 26.7 Å². The predicted octanol–water partition coefficient (Wildman–Crippen LogP) is 2.46. The number of hydrogen-bond acceptors (Lipinski definition) is 4. The minimum atomic E-state index is 0.601. The van der Waals surface area contributed by atoms with E-state index >= 15 is 0 Å². The molecule has 2 aliphatic rings. The first kappa shape index (κ1) is 10.4. The minimum Gasteiger partial charge on any atom is -0.245 e. The molecule has 0 aliphatic heterocycles. The molecule has 1 aromatic rings. The third kappa shape index (κ3) is 1.95. The number of fused-ring (bicyclic) bond motifs is 1. The van der Waals surface area contributed by atoms with Crippen molar-refractivity contribution in [2.24, 2.45) is 16.9 Å². The van der Waals surface area contributed by atoms with Gasteiger partial charge in [-0.2, -0.15) is 5.10 Å². The van der Waals surface area contributed by atoms with E-state index in [1.807, 2.05) is 19.9 Å². The van der Waals surface area contributed by atoms with Gasteiger partial charge in [0.15, 0.2) is 0 Å². The van der Waals surface area contributed by atoms with Gasteiger partial charge in [-0.05, 0) is 38.7 Å². The van der Waals surface area contributed by atoms with Crippen molar-refractivity contribution in [1.29, 1.82) is 0 Å². The Balaban J connectivity index is 1.70. The van der Waals surface area contributed by atoms with Crippen molar-refractivity contribution < 1.29 is 0 Å². The standard InChI is InChI=1S/C13H16N4/c1-8-6-9(2)15-13(14-8)17-16-12-7-10-4-3-5-11(10)12/h3-4,6,10-11H,5,7H2,1-2H3,(H,14,15,17)/b16-12-/t10-,11-/m0/s1. The van der Waals surface area contributed by atoms with Crippen LogP contribution in [-0.4, -0.2) is 15.7 Å². The summed E-state index contributed by atoms with van der Waals surface area (Å²) in [6.45, 7) is 3.93. The Morgan fingerprint density at radius 3 is 2.76 bits per heavy atom. The smallest absolute Gasteiger partial charge is 0.243 e. The Kier molecular flexibility index (Phi) is 2.42. The molecule has 0 aromatic carbocycles. The molecule has 2 atom stereocenters. The van der Waals surface area contributed by atoms with Crippen molar-refractivity contribution >= 4 is 11.7 Å². The maximum Gasteiger partial charge on any atom is 0.243 e. The van der Waals surface area contributed by atoms with Crippen LogP contribution in [0.15, 0.2) is 23.3 Å². The predicted molar refractivity (Wildman–Crippen MR) is 67.9 cm³/mol. The Morgan fingerprint density at radius 1 is 1.29 bits per heavy atom. The number of hydrogen-bond donors (Lipinski definition) is 1. The fourth-order valence-corrected chi connectivity index (χ4v) is 2.56. The van der Waals surface area contributed by atoms with Gasteiger partial charge >= 0.3 is 0 Å². The molecule has 1 N–H and O–H groups in total. The van der Waals surface area contributed by atoms with E-state index in [4.69, 9.17) is 0 Å². The molecule has 0 radical (unpaired) electrons. The number of anilines is 1. The summed E-state index contributed by atoms with van der Waals surface area (Å²) < 4.78 is 0. The van der Waals surface area contributed by atoms with E-state index in [2.05, 4.69) is 32.6 Å². The maximum atomic E-state index is 4.43. The molecule has 4 heteroatoms. The van der Waals surface area contributed by atoms with Crippen molar-refractivity contribution in [3.05, 3.63) is 29.6 Å². The van der Waals surface area contributed by atoms with E-state index in [1.165, 1.54) is 5.71 Å². The first-order chi connectivity index (χ1) is 8.22. The van der Waals surface area contributed by atoms with Crippen LogP contribution in [0.1, 0.15) is 24.2 Å². The number of aromatic nitrogens is 2. The van der Waals surface area contributed by atoms with Crippen molar-refractivity contribution in [3.8, 4) is 0 Å². The Morgan fingerprint density at radius 2 is 2.06 bits per heavy atom. The Hall–Kier alpha value is -1.71. The molecule has 0 spiro atoms. The quantitative estimate of drug-likeness (QED) is 0.625. The molecule has 0 saturated heterocycles. The zero-order valence-electron chi connectivity index (χ0n) is 10.1. The molecule has 4 nitrogen and oxygen atoms in total. The van der Waals surface area contributed by atoms with Crippen LogP contribution in [-0.2, 0) is 0 Å². The summed E-state index contributed by atoms with van der Waals surface area (Å²) in [5.41, 5.74) is 6.17. The highest BCUT2D eigenvalue weighted by Gasteiger charge is 2.37. The van der Waals surface area contributed by atoms with Crippen LogP contribution in [0.4, 0.5) is 5.95 Å². The van der Waals surface area contributed by atoms with E-state index in [1.54, 1.807) is 0 Å². The summed E-state index contributed by atoms with van der Waals surface area (Å²) >= 11 is 0. The number of nitrogens with one attached hydrogen (secondary N) is 1. The monoisotopic (exact) mass is 228 g/mol. The summed E-state index contributed by atoms with van der Waals surface area (Å²) in [7, 11) is 0. The Bertz CT molecular complexity index is 484. The van der Waals surface area contributed by atoms with E-state index in [0.717, 1.165) is 30.1 Å². The molecule has 17 heavy (non-hydrogen) atoms. The van der Waals surface area contributed by atoms with Crippen LogP contribution in [0.2, 0.25) is 0 Å². The van der Waals surface area contributed by atoms with Crippen molar-refractivity contribution in [1.82, 2.24) is 9.97 Å². The molecule has 3 rings (SSSR count). The summed E-state index contributed by atoms with van der Waals surface area (Å²) in [4.78, 5) is 8.61. The van der Waals surface area contributed by atoms with Gasteiger partial charge in [-0.1, -0.05) is 12.2 Å². The topological polar surface area (TPSA) is 50.2 Å². The lowest BCUT2D eigenvalue weighted by molar-refractivity contribution is 0.466. The van der Waals surface area contributed by atoms with Crippen LogP contribution >= 0.6 is 0 Å². The number of nitrogens with zero attached hydrogens (tertiary/aromatic N) is 3. The van der Waals surface area contributed by atoms with Gasteiger partial charge in [0, 0.05) is 23.0 Å². The SMILES string of the molecule is Cc1cc(C)nc(N/N=C2/C[C@@H]3C=CC[C@H]23)n1. The summed E-state index contributed by atoms with van der Waals surface area (Å²) in [6.07, 6.45) is 6.78. The highest BCUT2D eigenvalue weighted by Crippen LogP contribution is 2.40. The lowest BCUT2D eigenvalue weighted by Gasteiger charge is -2.31. The van der Waals surface area contributed by atoms with Crippen molar-refractivity contribution in [3.63, 3.8) is 0 Å². The molecular formula is C13H16N4. The second-order valence-electron chi connectivity index (χ2n) is 4.83. The number of rotatable bonds is 2. The average Bonchev–Trinajstić information content (AvgIpc) is 2.59. The van der Waals surface area contributed by atoms with Gasteiger partial charge in [0.2, 0.25) is 5.95 Å².